The molecule has 0 amide bonds. The van der Waals surface area contributed by atoms with Crippen LogP contribution in [-0.2, 0) is 0 Å². The second kappa shape index (κ2) is 8.74. The Kier molecular flexibility index (Phi) is 4.81. The van der Waals surface area contributed by atoms with Crippen molar-refractivity contribution in [2.45, 2.75) is 0 Å². The molecule has 9 rings (SSSR count). The molecule has 0 N–H and O–H groups in total. The average molecular weight is 556 g/mol. The molecule has 9 aromatic rings. The molecule has 0 fully saturated rings. The lowest BCUT2D eigenvalue weighted by Crippen LogP contribution is -2.28. The summed E-state index contributed by atoms with van der Waals surface area (Å²) in [4.78, 5) is 33.6. The molecule has 0 radical (unpaired) electrons. The summed E-state index contributed by atoms with van der Waals surface area (Å²) >= 11 is 0. The second-order valence-electron chi connectivity index (χ2n) is 10.7. The number of fused-ring (bicyclic) bond motifs is 10. The lowest BCUT2D eigenvalue weighted by atomic mass is 10.0. The van der Waals surface area contributed by atoms with Crippen LogP contribution in [0, 0.1) is 0 Å². The molecule has 6 nitrogen and oxygen atoms in total. The first-order valence-electron chi connectivity index (χ1n) is 14.1. The summed E-state index contributed by atoms with van der Waals surface area (Å²) in [6.45, 7) is 0. The number of benzene rings is 5. The third kappa shape index (κ3) is 3.26. The van der Waals surface area contributed by atoms with Crippen molar-refractivity contribution in [2.75, 3.05) is 0 Å². The van der Waals surface area contributed by atoms with E-state index in [2.05, 4.69) is 33.8 Å². The summed E-state index contributed by atoms with van der Waals surface area (Å²) in [5, 5.41) is 4.80. The van der Waals surface area contributed by atoms with Crippen molar-refractivity contribution in [2.24, 2.45) is 0 Å². The zero-order valence-electron chi connectivity index (χ0n) is 22.7. The highest BCUT2D eigenvalue weighted by Gasteiger charge is 2.21. The normalized spacial score (nSPS) is 11.9. The Bertz CT molecular complexity index is 2700. The van der Waals surface area contributed by atoms with Crippen LogP contribution in [0.5, 0.6) is 0 Å². The third-order valence-electron chi connectivity index (χ3n) is 8.38. The lowest BCUT2D eigenvalue weighted by Gasteiger charge is -2.08. The van der Waals surface area contributed by atoms with E-state index >= 15 is 0 Å². The molecule has 0 saturated carbocycles. The Hall–Kier alpha value is -6.01. The van der Waals surface area contributed by atoms with Gasteiger partial charge >= 0.3 is 0 Å². The van der Waals surface area contributed by atoms with Gasteiger partial charge in [-0.2, -0.15) is 0 Å². The number of nitrogens with zero attached hydrogens (tertiary/aromatic N) is 3. The summed E-state index contributed by atoms with van der Waals surface area (Å²) in [7, 11) is 0. The smallest absolute Gasteiger partial charge is 0.269 e. The van der Waals surface area contributed by atoms with Crippen LogP contribution in [0.1, 0.15) is 0 Å². The molecule has 0 aliphatic carbocycles. The highest BCUT2D eigenvalue weighted by atomic mass is 16.3. The van der Waals surface area contributed by atoms with Crippen LogP contribution in [0.4, 0.5) is 0 Å². The number of rotatable bonds is 2. The van der Waals surface area contributed by atoms with Gasteiger partial charge in [-0.15, -0.1) is 0 Å². The van der Waals surface area contributed by atoms with E-state index < -0.39 is 5.56 Å². The SMILES string of the molecule is O=c1c2cc3c4ccccc4n(-c4ccccc4)c3cc2c2ccc3c4ncccc4oc3c2c(=O)n1-c1ccccc1. The maximum absolute atomic E-state index is 14.6. The van der Waals surface area contributed by atoms with E-state index in [9.17, 15) is 9.59 Å². The number of aromatic nitrogens is 3. The van der Waals surface area contributed by atoms with Crippen molar-refractivity contribution in [3.8, 4) is 11.4 Å². The molecule has 5 aromatic carbocycles. The quantitative estimate of drug-likeness (QED) is 0.217. The average Bonchev–Trinajstić information content (AvgIpc) is 3.57. The standard InChI is InChI=1S/C37H21N3O3/c41-36-29-20-28-24-14-7-8-15-30(24)39(22-10-3-1-4-11-22)31(28)21-27(29)25-17-18-26-34-32(16-9-19-38-34)43-35(26)33(25)37(42)40(36)23-12-5-2-6-13-23/h1-21H. The minimum absolute atomic E-state index is 0.341. The van der Waals surface area contributed by atoms with E-state index in [0.29, 0.717) is 43.9 Å². The molecule has 6 heteroatoms. The molecule has 4 heterocycles. The van der Waals surface area contributed by atoms with E-state index in [-0.39, 0.29) is 5.56 Å². The van der Waals surface area contributed by atoms with Gasteiger partial charge < -0.3 is 8.98 Å². The maximum atomic E-state index is 14.6. The van der Waals surface area contributed by atoms with Gasteiger partial charge in [-0.3, -0.25) is 14.6 Å². The summed E-state index contributed by atoms with van der Waals surface area (Å²) in [5.41, 5.74) is 4.33. The summed E-state index contributed by atoms with van der Waals surface area (Å²) in [5.74, 6) is 0. The van der Waals surface area contributed by atoms with E-state index in [0.717, 1.165) is 32.9 Å². The molecule has 0 aliphatic rings. The van der Waals surface area contributed by atoms with E-state index in [1.807, 2.05) is 78.9 Å². The Balaban J connectivity index is 1.58. The van der Waals surface area contributed by atoms with Crippen molar-refractivity contribution in [3.63, 3.8) is 0 Å². The second-order valence-corrected chi connectivity index (χ2v) is 10.7. The Labute approximate surface area is 243 Å². The zero-order valence-corrected chi connectivity index (χ0v) is 22.7. The van der Waals surface area contributed by atoms with Gasteiger partial charge in [-0.1, -0.05) is 60.7 Å². The van der Waals surface area contributed by atoms with Gasteiger partial charge in [0, 0.05) is 33.4 Å². The first kappa shape index (κ1) is 23.7. The highest BCUT2D eigenvalue weighted by Crippen LogP contribution is 2.37. The fourth-order valence-corrected chi connectivity index (χ4v) is 6.50. The molecule has 4 aromatic heterocycles. The van der Waals surface area contributed by atoms with Gasteiger partial charge in [0.1, 0.15) is 5.52 Å². The minimum atomic E-state index is -0.437. The van der Waals surface area contributed by atoms with E-state index in [4.69, 9.17) is 4.42 Å². The number of hydrogen-bond acceptors (Lipinski definition) is 4. The highest BCUT2D eigenvalue weighted by molar-refractivity contribution is 6.22. The molecular formula is C37H21N3O3. The molecule has 0 saturated heterocycles. The molecule has 0 aliphatic heterocycles. The zero-order chi connectivity index (χ0) is 28.7. The van der Waals surface area contributed by atoms with Crippen LogP contribution >= 0.6 is 0 Å². The van der Waals surface area contributed by atoms with Crippen LogP contribution in [0.15, 0.2) is 142 Å². The van der Waals surface area contributed by atoms with Crippen molar-refractivity contribution < 1.29 is 4.42 Å². The van der Waals surface area contributed by atoms with Crippen LogP contribution in [-0.4, -0.2) is 14.1 Å². The van der Waals surface area contributed by atoms with Crippen LogP contribution in [0.25, 0.3) is 76.8 Å². The molecule has 0 unspecified atom stereocenters. The largest absolute Gasteiger partial charge is 0.453 e. The van der Waals surface area contributed by atoms with Crippen molar-refractivity contribution in [1.82, 2.24) is 14.1 Å². The van der Waals surface area contributed by atoms with Crippen LogP contribution in [0.2, 0.25) is 0 Å². The molecule has 202 valence electrons. The number of furan rings is 1. The van der Waals surface area contributed by atoms with Crippen molar-refractivity contribution in [3.05, 3.63) is 148 Å². The first-order valence-corrected chi connectivity index (χ1v) is 14.1. The first-order chi connectivity index (χ1) is 21.2. The third-order valence-corrected chi connectivity index (χ3v) is 8.38. The predicted octanol–water partition coefficient (Wildman–Crippen LogP) is 7.90. The Morgan fingerprint density at radius 3 is 2.00 bits per heavy atom. The van der Waals surface area contributed by atoms with Gasteiger partial charge in [0.2, 0.25) is 0 Å². The predicted molar refractivity (Wildman–Crippen MR) is 173 cm³/mol. The topological polar surface area (TPSA) is 70.0 Å². The van der Waals surface area contributed by atoms with Gasteiger partial charge in [0.15, 0.2) is 11.2 Å². The molecular weight excluding hydrogens is 534 g/mol. The molecule has 0 bridgehead atoms. The molecule has 43 heavy (non-hydrogen) atoms. The fourth-order valence-electron chi connectivity index (χ4n) is 6.50. The van der Waals surface area contributed by atoms with Crippen molar-refractivity contribution in [1.29, 1.82) is 0 Å². The van der Waals surface area contributed by atoms with Gasteiger partial charge in [-0.05, 0) is 71.4 Å². The number of pyridine rings is 1. The van der Waals surface area contributed by atoms with Crippen molar-refractivity contribution >= 4 is 65.4 Å². The molecule has 0 atom stereocenters. The Morgan fingerprint density at radius 2 is 1.21 bits per heavy atom. The van der Waals surface area contributed by atoms with Gasteiger partial charge in [0.05, 0.1) is 22.1 Å². The van der Waals surface area contributed by atoms with E-state index in [1.165, 1.54) is 4.57 Å². The van der Waals surface area contributed by atoms with Gasteiger partial charge in [0.25, 0.3) is 11.1 Å². The summed E-state index contributed by atoms with van der Waals surface area (Å²) in [6, 6.07) is 38.9. The van der Waals surface area contributed by atoms with Crippen LogP contribution in [0.3, 0.4) is 0 Å². The van der Waals surface area contributed by atoms with E-state index in [1.54, 1.807) is 24.4 Å². The van der Waals surface area contributed by atoms with Crippen LogP contribution < -0.4 is 11.1 Å². The minimum Gasteiger partial charge on any atom is -0.453 e. The van der Waals surface area contributed by atoms with Gasteiger partial charge in [-0.25, -0.2) is 4.57 Å². The fraction of sp³-hybridized carbons (Fsp3) is 0. The monoisotopic (exact) mass is 555 g/mol. The summed E-state index contributed by atoms with van der Waals surface area (Å²) in [6.07, 6.45) is 1.71. The number of para-hydroxylation sites is 3. The summed E-state index contributed by atoms with van der Waals surface area (Å²) < 4.78 is 9.79. The molecule has 0 spiro atoms. The lowest BCUT2D eigenvalue weighted by molar-refractivity contribution is 0.671. The maximum Gasteiger partial charge on any atom is 0.269 e. The number of hydrogen-bond donors (Lipinski definition) is 0. The Morgan fingerprint density at radius 1 is 0.512 bits per heavy atom.